The van der Waals surface area contributed by atoms with Crippen LogP contribution in [0.1, 0.15) is 24.2 Å². The van der Waals surface area contributed by atoms with E-state index in [4.69, 9.17) is 11.6 Å². The van der Waals surface area contributed by atoms with Gasteiger partial charge in [-0.05, 0) is 38.1 Å². The molecule has 0 saturated carbocycles. The highest BCUT2D eigenvalue weighted by molar-refractivity contribution is 6.34. The van der Waals surface area contributed by atoms with Crippen LogP contribution < -0.4 is 10.2 Å². The van der Waals surface area contributed by atoms with E-state index in [1.807, 2.05) is 6.07 Å². The van der Waals surface area contributed by atoms with Crippen LogP contribution in [0.4, 0.5) is 11.6 Å². The van der Waals surface area contributed by atoms with Crippen molar-refractivity contribution in [1.82, 2.24) is 10.2 Å². The molecule has 1 heterocycles. The van der Waals surface area contributed by atoms with Crippen LogP contribution in [-0.4, -0.2) is 29.2 Å². The van der Waals surface area contributed by atoms with Gasteiger partial charge in [-0.1, -0.05) is 23.7 Å². The Balaban J connectivity index is 2.10. The number of aromatic nitrogens is 2. The number of hydrogen-bond acceptors (Lipinski definition) is 4. The lowest BCUT2D eigenvalue weighted by molar-refractivity contribution is 0.102. The van der Waals surface area contributed by atoms with Gasteiger partial charge < -0.3 is 10.2 Å². The van der Waals surface area contributed by atoms with Crippen LogP contribution in [0.3, 0.4) is 0 Å². The van der Waals surface area contributed by atoms with Gasteiger partial charge in [0.2, 0.25) is 0 Å². The average molecular weight is 305 g/mol. The molecule has 0 atom stereocenters. The molecule has 6 heteroatoms. The summed E-state index contributed by atoms with van der Waals surface area (Å²) in [7, 11) is 0. The Bertz CT molecular complexity index is 611. The average Bonchev–Trinajstić information content (AvgIpc) is 2.50. The lowest BCUT2D eigenvalue weighted by atomic mass is 10.2. The number of carbonyl (C=O) groups excluding carboxylic acids is 1. The smallest absolute Gasteiger partial charge is 0.258 e. The molecule has 0 fully saturated rings. The molecule has 2 aromatic rings. The van der Waals surface area contributed by atoms with Crippen LogP contribution in [0.2, 0.25) is 5.02 Å². The Morgan fingerprint density at radius 2 is 1.86 bits per heavy atom. The summed E-state index contributed by atoms with van der Waals surface area (Å²) in [5.41, 5.74) is 0.411. The fourth-order valence-corrected chi connectivity index (χ4v) is 2.16. The van der Waals surface area contributed by atoms with Crippen LogP contribution in [0.25, 0.3) is 0 Å². The van der Waals surface area contributed by atoms with Crippen LogP contribution >= 0.6 is 11.6 Å². The van der Waals surface area contributed by atoms with Crippen molar-refractivity contribution in [2.24, 2.45) is 0 Å². The predicted octanol–water partition coefficient (Wildman–Crippen LogP) is 3.23. The number of anilines is 2. The Labute approximate surface area is 128 Å². The summed E-state index contributed by atoms with van der Waals surface area (Å²) in [6.45, 7) is 5.82. The van der Waals surface area contributed by atoms with Crippen molar-refractivity contribution in [3.05, 3.63) is 47.0 Å². The molecule has 2 rings (SSSR count). The molecule has 0 bridgehead atoms. The third kappa shape index (κ3) is 3.70. The standard InChI is InChI=1S/C15H17ClN4O/c1-3-20(4-2)14-10-9-13(18-19-14)17-15(21)11-7-5-6-8-12(11)16/h5-10H,3-4H2,1-2H3,(H,17,18,21). The van der Waals surface area contributed by atoms with Crippen LogP contribution in [0, 0.1) is 0 Å². The maximum absolute atomic E-state index is 12.1. The minimum absolute atomic E-state index is 0.300. The van der Waals surface area contributed by atoms with Crippen molar-refractivity contribution in [2.75, 3.05) is 23.3 Å². The summed E-state index contributed by atoms with van der Waals surface area (Å²) in [5, 5.41) is 11.2. The molecular weight excluding hydrogens is 288 g/mol. The van der Waals surface area contributed by atoms with Gasteiger partial charge in [0.05, 0.1) is 10.6 Å². The topological polar surface area (TPSA) is 58.1 Å². The first-order valence-corrected chi connectivity index (χ1v) is 7.18. The molecular formula is C15H17ClN4O. The van der Waals surface area contributed by atoms with Crippen LogP contribution in [0.5, 0.6) is 0 Å². The minimum Gasteiger partial charge on any atom is -0.356 e. The number of rotatable bonds is 5. The fourth-order valence-electron chi connectivity index (χ4n) is 1.94. The maximum atomic E-state index is 12.1. The quantitative estimate of drug-likeness (QED) is 0.921. The number of carbonyl (C=O) groups is 1. The summed E-state index contributed by atoms with van der Waals surface area (Å²) < 4.78 is 0. The highest BCUT2D eigenvalue weighted by Crippen LogP contribution is 2.17. The van der Waals surface area contributed by atoms with E-state index in [1.165, 1.54) is 0 Å². The first-order valence-electron chi connectivity index (χ1n) is 6.80. The molecule has 0 aliphatic rings. The molecule has 0 radical (unpaired) electrons. The summed E-state index contributed by atoms with van der Waals surface area (Å²) in [4.78, 5) is 14.2. The Morgan fingerprint density at radius 3 is 2.43 bits per heavy atom. The Kier molecular flexibility index (Phi) is 5.11. The minimum atomic E-state index is -0.300. The molecule has 1 aromatic carbocycles. The highest BCUT2D eigenvalue weighted by atomic mass is 35.5. The van der Waals surface area contributed by atoms with Gasteiger partial charge in [-0.15, -0.1) is 10.2 Å². The zero-order chi connectivity index (χ0) is 15.2. The van der Waals surface area contributed by atoms with Gasteiger partial charge in [-0.2, -0.15) is 0 Å². The first kappa shape index (κ1) is 15.3. The Hall–Kier alpha value is -2.14. The molecule has 0 aliphatic heterocycles. The summed E-state index contributed by atoms with van der Waals surface area (Å²) in [6.07, 6.45) is 0. The Morgan fingerprint density at radius 1 is 1.14 bits per heavy atom. The highest BCUT2D eigenvalue weighted by Gasteiger charge is 2.11. The second-order valence-corrected chi connectivity index (χ2v) is 4.79. The van der Waals surface area contributed by atoms with E-state index in [-0.39, 0.29) is 5.91 Å². The van der Waals surface area contributed by atoms with Gasteiger partial charge in [-0.25, -0.2) is 0 Å². The number of nitrogens with zero attached hydrogens (tertiary/aromatic N) is 3. The van der Waals surface area contributed by atoms with Gasteiger partial charge in [0.25, 0.3) is 5.91 Å². The molecule has 0 saturated heterocycles. The van der Waals surface area contributed by atoms with Crippen molar-refractivity contribution in [3.8, 4) is 0 Å². The van der Waals surface area contributed by atoms with E-state index < -0.39 is 0 Å². The van der Waals surface area contributed by atoms with Gasteiger partial charge in [0.1, 0.15) is 0 Å². The molecule has 1 N–H and O–H groups in total. The normalized spacial score (nSPS) is 10.2. The molecule has 0 aliphatic carbocycles. The van der Waals surface area contributed by atoms with E-state index >= 15 is 0 Å². The van der Waals surface area contributed by atoms with Crippen molar-refractivity contribution in [1.29, 1.82) is 0 Å². The van der Waals surface area contributed by atoms with E-state index in [0.29, 0.717) is 16.4 Å². The van der Waals surface area contributed by atoms with Gasteiger partial charge >= 0.3 is 0 Å². The predicted molar refractivity (Wildman–Crippen MR) is 85.0 cm³/mol. The third-order valence-corrected chi connectivity index (χ3v) is 3.43. The van der Waals surface area contributed by atoms with Crippen LogP contribution in [-0.2, 0) is 0 Å². The molecule has 1 aromatic heterocycles. The molecule has 0 spiro atoms. The molecule has 0 unspecified atom stereocenters. The molecule has 1 amide bonds. The monoisotopic (exact) mass is 304 g/mol. The molecule has 110 valence electrons. The lowest BCUT2D eigenvalue weighted by Crippen LogP contribution is -2.23. The number of nitrogens with one attached hydrogen (secondary N) is 1. The van der Waals surface area contributed by atoms with E-state index in [2.05, 4.69) is 34.3 Å². The zero-order valence-corrected chi connectivity index (χ0v) is 12.8. The number of amides is 1. The largest absolute Gasteiger partial charge is 0.356 e. The SMILES string of the molecule is CCN(CC)c1ccc(NC(=O)c2ccccc2Cl)nn1. The van der Waals surface area contributed by atoms with Gasteiger partial charge in [0, 0.05) is 13.1 Å². The van der Waals surface area contributed by atoms with Crippen molar-refractivity contribution < 1.29 is 4.79 Å². The molecule has 21 heavy (non-hydrogen) atoms. The first-order chi connectivity index (χ1) is 10.2. The lowest BCUT2D eigenvalue weighted by Gasteiger charge is -2.18. The van der Waals surface area contributed by atoms with Crippen molar-refractivity contribution in [3.63, 3.8) is 0 Å². The summed E-state index contributed by atoms with van der Waals surface area (Å²) >= 11 is 5.99. The van der Waals surface area contributed by atoms with Crippen molar-refractivity contribution in [2.45, 2.75) is 13.8 Å². The maximum Gasteiger partial charge on any atom is 0.258 e. The van der Waals surface area contributed by atoms with E-state index in [9.17, 15) is 4.79 Å². The van der Waals surface area contributed by atoms with Gasteiger partial charge in [-0.3, -0.25) is 4.79 Å². The summed E-state index contributed by atoms with van der Waals surface area (Å²) in [5.74, 6) is 0.886. The fraction of sp³-hybridized carbons (Fsp3) is 0.267. The number of benzene rings is 1. The van der Waals surface area contributed by atoms with E-state index in [1.54, 1.807) is 30.3 Å². The van der Waals surface area contributed by atoms with Crippen LogP contribution in [0.15, 0.2) is 36.4 Å². The molecule has 5 nitrogen and oxygen atoms in total. The number of halogens is 1. The second kappa shape index (κ2) is 7.04. The second-order valence-electron chi connectivity index (χ2n) is 4.38. The number of hydrogen-bond donors (Lipinski definition) is 1. The third-order valence-electron chi connectivity index (χ3n) is 3.10. The van der Waals surface area contributed by atoms with Gasteiger partial charge in [0.15, 0.2) is 11.6 Å². The summed E-state index contributed by atoms with van der Waals surface area (Å²) in [6, 6.07) is 10.4. The van der Waals surface area contributed by atoms with Crippen molar-refractivity contribution >= 4 is 29.1 Å². The van der Waals surface area contributed by atoms with E-state index in [0.717, 1.165) is 18.9 Å². The zero-order valence-electron chi connectivity index (χ0n) is 12.0.